The zero-order valence-corrected chi connectivity index (χ0v) is 28.5. The predicted octanol–water partition coefficient (Wildman–Crippen LogP) is 6.38. The topological polar surface area (TPSA) is 130 Å². The average Bonchev–Trinajstić information content (AvgIpc) is 3.39. The zero-order chi connectivity index (χ0) is 30.9. The number of fused-ring (bicyclic) bond motifs is 3. The van der Waals surface area contributed by atoms with Gasteiger partial charge in [-0.2, -0.15) is 0 Å². The van der Waals surface area contributed by atoms with Gasteiger partial charge in [-0.25, -0.2) is 9.13 Å². The van der Waals surface area contributed by atoms with E-state index >= 15 is 0 Å². The third-order valence-electron chi connectivity index (χ3n) is 9.79. The minimum atomic E-state index is -4.51. The number of hydrogen-bond acceptors (Lipinski definition) is 8. The Bertz CT molecular complexity index is 896. The first kappa shape index (κ1) is 36.7. The molecule has 3 aliphatic rings. The molecule has 0 spiro atoms. The van der Waals surface area contributed by atoms with Crippen LogP contribution in [0.3, 0.4) is 0 Å². The average molecular weight is 639 g/mol. The highest BCUT2D eigenvalue weighted by atomic mass is 31.2. The van der Waals surface area contributed by atoms with Gasteiger partial charge in [0.2, 0.25) is 0 Å². The van der Waals surface area contributed by atoms with E-state index in [1.807, 2.05) is 21.7 Å². The summed E-state index contributed by atoms with van der Waals surface area (Å²) in [6.45, 7) is 8.04. The molecular formula is C29H57BO10P2. The van der Waals surface area contributed by atoms with Crippen molar-refractivity contribution in [2.75, 3.05) is 13.7 Å². The van der Waals surface area contributed by atoms with Crippen LogP contribution < -0.4 is 0 Å². The van der Waals surface area contributed by atoms with Gasteiger partial charge < -0.3 is 19.3 Å². The molecular weight excluding hydrogens is 581 g/mol. The number of rotatable bonds is 8. The van der Waals surface area contributed by atoms with Crippen molar-refractivity contribution in [3.8, 4) is 0 Å². The molecule has 3 heterocycles. The molecule has 2 N–H and O–H groups in total. The van der Waals surface area contributed by atoms with E-state index in [0.717, 1.165) is 52.1 Å². The SMILES string of the molecule is BC1OC(CC)C2OP(=O)(O)OCC3OC(C)C(CCC(CCC)CCCCC(CCC)CCC12)C3OP(=O)(O)OC. The maximum atomic E-state index is 13.3. The predicted molar refractivity (Wildman–Crippen MR) is 165 cm³/mol. The molecule has 246 valence electrons. The monoisotopic (exact) mass is 638 g/mol. The summed E-state index contributed by atoms with van der Waals surface area (Å²) >= 11 is 0. The molecule has 0 aliphatic carbocycles. The number of phosphoric ester groups is 2. The van der Waals surface area contributed by atoms with E-state index in [4.69, 9.17) is 27.6 Å². The Hall–Kier alpha value is 0.205. The first-order valence-electron chi connectivity index (χ1n) is 16.5. The van der Waals surface area contributed by atoms with E-state index in [1.54, 1.807) is 0 Å². The van der Waals surface area contributed by atoms with Crippen molar-refractivity contribution in [1.82, 2.24) is 0 Å². The maximum Gasteiger partial charge on any atom is 0.472 e. The molecule has 3 fully saturated rings. The molecule has 0 radical (unpaired) electrons. The van der Waals surface area contributed by atoms with Crippen LogP contribution in [0.15, 0.2) is 0 Å². The smallest absolute Gasteiger partial charge is 0.381 e. The molecule has 3 aliphatic heterocycles. The Kier molecular flexibility index (Phi) is 15.0. The van der Waals surface area contributed by atoms with Gasteiger partial charge in [0.1, 0.15) is 26.2 Å². The molecule has 12 atom stereocenters. The number of ether oxygens (including phenoxy) is 2. The number of hydrogen-bond donors (Lipinski definition) is 2. The van der Waals surface area contributed by atoms with Crippen molar-refractivity contribution < 1.29 is 46.5 Å². The summed E-state index contributed by atoms with van der Waals surface area (Å²) in [6, 6.07) is -0.0866. The fourth-order valence-corrected chi connectivity index (χ4v) is 9.18. The third-order valence-corrected chi connectivity index (χ3v) is 11.7. The van der Waals surface area contributed by atoms with Gasteiger partial charge in [0.25, 0.3) is 0 Å². The van der Waals surface area contributed by atoms with Crippen molar-refractivity contribution in [1.29, 1.82) is 0 Å². The summed E-state index contributed by atoms with van der Waals surface area (Å²) in [6.07, 6.45) is 10.8. The van der Waals surface area contributed by atoms with Crippen LogP contribution >= 0.6 is 15.6 Å². The minimum absolute atomic E-state index is 0.0143. The quantitative estimate of drug-likeness (QED) is 0.228. The van der Waals surface area contributed by atoms with Gasteiger partial charge in [-0.05, 0) is 44.4 Å². The van der Waals surface area contributed by atoms with Gasteiger partial charge in [0.05, 0.1) is 18.8 Å². The van der Waals surface area contributed by atoms with Crippen molar-refractivity contribution >= 4 is 23.5 Å². The molecule has 0 aromatic heterocycles. The molecule has 0 saturated carbocycles. The molecule has 12 unspecified atom stereocenters. The van der Waals surface area contributed by atoms with Gasteiger partial charge in [-0.1, -0.05) is 78.6 Å². The van der Waals surface area contributed by atoms with E-state index in [2.05, 4.69) is 13.8 Å². The summed E-state index contributed by atoms with van der Waals surface area (Å²) in [5.74, 6) is 0.970. The van der Waals surface area contributed by atoms with Crippen molar-refractivity contribution in [2.24, 2.45) is 23.7 Å². The van der Waals surface area contributed by atoms with Gasteiger partial charge in [-0.3, -0.25) is 18.1 Å². The summed E-state index contributed by atoms with van der Waals surface area (Å²) < 4.78 is 59.9. The maximum absolute atomic E-state index is 13.3. The first-order valence-corrected chi connectivity index (χ1v) is 19.5. The van der Waals surface area contributed by atoms with Crippen LogP contribution in [-0.4, -0.2) is 67.9 Å². The van der Waals surface area contributed by atoms with Crippen LogP contribution in [-0.2, 0) is 36.7 Å². The van der Waals surface area contributed by atoms with Gasteiger partial charge in [0, 0.05) is 24.9 Å². The Labute approximate surface area is 254 Å². The molecule has 0 aromatic rings. The molecule has 13 heteroatoms. The van der Waals surface area contributed by atoms with E-state index < -0.39 is 34.0 Å². The number of phosphoric acid groups is 2. The zero-order valence-electron chi connectivity index (χ0n) is 26.7. The summed E-state index contributed by atoms with van der Waals surface area (Å²) in [5.41, 5.74) is 0. The van der Waals surface area contributed by atoms with Crippen LogP contribution in [0.2, 0.25) is 0 Å². The first-order chi connectivity index (χ1) is 19.9. The standard InChI is InChI=1S/C29H57BO10P2/c1-6-11-21-13-9-10-14-22(12-7-2)16-18-24-28(25(8-3)38-29(24)30)40-42(33,34)36-19-26-27(39-41(31,32)35-5)23(17-15-21)20(4)37-26/h20-29H,6-19,30H2,1-5H3,(H,31,32)(H,33,34). The lowest BCUT2D eigenvalue weighted by atomic mass is 9.79. The van der Waals surface area contributed by atoms with Gasteiger partial charge in [0.15, 0.2) is 0 Å². The second-order valence-electron chi connectivity index (χ2n) is 12.8. The largest absolute Gasteiger partial charge is 0.472 e. The molecule has 0 amide bonds. The second kappa shape index (κ2) is 17.2. The van der Waals surface area contributed by atoms with Crippen LogP contribution in [0.1, 0.15) is 111 Å². The van der Waals surface area contributed by atoms with E-state index in [9.17, 15) is 18.9 Å². The lowest BCUT2D eigenvalue weighted by Gasteiger charge is -2.28. The summed E-state index contributed by atoms with van der Waals surface area (Å²) in [4.78, 5) is 21.1. The highest BCUT2D eigenvalue weighted by Gasteiger charge is 2.49. The second-order valence-corrected chi connectivity index (χ2v) is 15.7. The summed E-state index contributed by atoms with van der Waals surface area (Å²) in [5, 5.41) is 0. The van der Waals surface area contributed by atoms with Crippen LogP contribution in [0.5, 0.6) is 0 Å². The Morgan fingerprint density at radius 1 is 0.952 bits per heavy atom. The van der Waals surface area contributed by atoms with Crippen LogP contribution in [0.25, 0.3) is 0 Å². The fourth-order valence-electron chi connectivity index (χ4n) is 7.50. The van der Waals surface area contributed by atoms with E-state index in [1.165, 1.54) is 32.1 Å². The summed E-state index contributed by atoms with van der Waals surface area (Å²) in [7, 11) is -5.71. The van der Waals surface area contributed by atoms with Crippen molar-refractivity contribution in [3.05, 3.63) is 0 Å². The normalized spacial score (nSPS) is 42.6. The highest BCUT2D eigenvalue weighted by Crippen LogP contribution is 2.52. The third kappa shape index (κ3) is 10.6. The highest BCUT2D eigenvalue weighted by molar-refractivity contribution is 7.47. The Morgan fingerprint density at radius 3 is 2.10 bits per heavy atom. The van der Waals surface area contributed by atoms with Gasteiger partial charge >= 0.3 is 15.6 Å². The Balaban J connectivity index is 1.86. The van der Waals surface area contributed by atoms with Crippen molar-refractivity contribution in [2.45, 2.75) is 148 Å². The van der Waals surface area contributed by atoms with Crippen LogP contribution in [0.4, 0.5) is 0 Å². The molecule has 2 bridgehead atoms. The molecule has 0 aromatic carbocycles. The lowest BCUT2D eigenvalue weighted by Crippen LogP contribution is -2.34. The molecule has 3 rings (SSSR count). The fraction of sp³-hybridized carbons (Fsp3) is 1.00. The molecule has 3 saturated heterocycles. The molecule has 10 nitrogen and oxygen atoms in total. The van der Waals surface area contributed by atoms with E-state index in [-0.39, 0.29) is 36.7 Å². The Morgan fingerprint density at radius 2 is 1.55 bits per heavy atom. The van der Waals surface area contributed by atoms with Crippen LogP contribution in [0, 0.1) is 23.7 Å². The molecule has 42 heavy (non-hydrogen) atoms. The van der Waals surface area contributed by atoms with Crippen molar-refractivity contribution in [3.63, 3.8) is 0 Å². The van der Waals surface area contributed by atoms with E-state index in [0.29, 0.717) is 18.3 Å². The van der Waals surface area contributed by atoms with Gasteiger partial charge in [-0.15, -0.1) is 0 Å². The lowest BCUT2D eigenvalue weighted by molar-refractivity contribution is -0.0279. The minimum Gasteiger partial charge on any atom is -0.381 e.